The van der Waals surface area contributed by atoms with Gasteiger partial charge in [-0.15, -0.1) is 11.3 Å². The second kappa shape index (κ2) is 3.33. The van der Waals surface area contributed by atoms with Crippen LogP contribution in [0.5, 0.6) is 0 Å². The summed E-state index contributed by atoms with van der Waals surface area (Å²) in [6.07, 6.45) is 2.00. The van der Waals surface area contributed by atoms with Crippen LogP contribution >= 0.6 is 23.1 Å². The molecule has 0 aromatic carbocycles. The maximum absolute atomic E-state index is 10.8. The lowest BCUT2D eigenvalue weighted by atomic mass is 10.4. The van der Waals surface area contributed by atoms with Gasteiger partial charge < -0.3 is 5.32 Å². The summed E-state index contributed by atoms with van der Waals surface area (Å²) in [6, 6.07) is 4.03. The van der Waals surface area contributed by atoms with E-state index in [0.717, 1.165) is 5.03 Å². The molecule has 2 nitrogen and oxygen atoms in total. The molecule has 1 aliphatic rings. The number of hydrogen-bond donors (Lipinski definition) is 1. The van der Waals surface area contributed by atoms with Gasteiger partial charge in [-0.05, 0) is 17.5 Å². The van der Waals surface area contributed by atoms with Gasteiger partial charge in [0.15, 0.2) is 0 Å². The van der Waals surface area contributed by atoms with Gasteiger partial charge in [-0.3, -0.25) is 4.79 Å². The van der Waals surface area contributed by atoms with Gasteiger partial charge in [0.2, 0.25) is 5.91 Å². The Hall–Kier alpha value is -0.740. The van der Waals surface area contributed by atoms with Gasteiger partial charge in [-0.2, -0.15) is 0 Å². The third kappa shape index (κ3) is 1.70. The highest BCUT2D eigenvalue weighted by atomic mass is 32.2. The molecule has 0 unspecified atom stereocenters. The van der Waals surface area contributed by atoms with Crippen LogP contribution in [0.2, 0.25) is 0 Å². The summed E-state index contributed by atoms with van der Waals surface area (Å²) in [5.74, 6) is 0.653. The molecule has 1 amide bonds. The Bertz CT molecular complexity index is 316. The second-order valence-electron chi connectivity index (χ2n) is 2.36. The average molecular weight is 197 g/mol. The van der Waals surface area contributed by atoms with E-state index in [1.165, 1.54) is 4.88 Å². The van der Waals surface area contributed by atoms with E-state index in [9.17, 15) is 4.79 Å². The smallest absolute Gasteiger partial charge is 0.235 e. The Morgan fingerprint density at radius 2 is 2.50 bits per heavy atom. The van der Waals surface area contributed by atoms with E-state index in [-0.39, 0.29) is 5.91 Å². The van der Waals surface area contributed by atoms with E-state index < -0.39 is 0 Å². The molecular formula is C8H7NOS2. The first-order chi connectivity index (χ1) is 5.84. The van der Waals surface area contributed by atoms with Crippen LogP contribution in [0.1, 0.15) is 4.88 Å². The van der Waals surface area contributed by atoms with Crippen LogP contribution in [0.3, 0.4) is 0 Å². The van der Waals surface area contributed by atoms with Crippen LogP contribution in [0, 0.1) is 0 Å². The maximum atomic E-state index is 10.8. The van der Waals surface area contributed by atoms with Gasteiger partial charge in [-0.25, -0.2) is 0 Å². The first kappa shape index (κ1) is 7.89. The minimum atomic E-state index is 0.0998. The number of thiophene rings is 1. The summed E-state index contributed by atoms with van der Waals surface area (Å²) < 4.78 is 0. The normalized spacial score (nSPS) is 20.0. The molecule has 0 saturated carbocycles. The summed E-state index contributed by atoms with van der Waals surface area (Å²) >= 11 is 3.23. The quantitative estimate of drug-likeness (QED) is 0.745. The van der Waals surface area contributed by atoms with Crippen molar-refractivity contribution in [2.24, 2.45) is 0 Å². The van der Waals surface area contributed by atoms with Gasteiger partial charge in [-0.1, -0.05) is 17.8 Å². The molecule has 62 valence electrons. The highest BCUT2D eigenvalue weighted by Gasteiger charge is 2.14. The molecule has 0 aliphatic carbocycles. The van der Waals surface area contributed by atoms with E-state index in [0.29, 0.717) is 5.75 Å². The topological polar surface area (TPSA) is 29.1 Å². The standard InChI is InChI=1S/C8H7NOS2/c10-7-5-12-8(9-7)4-6-2-1-3-11-6/h1-4H,5H2,(H,9,10)/b8-4+. The van der Waals surface area contributed by atoms with E-state index in [1.807, 2.05) is 23.6 Å². The largest absolute Gasteiger partial charge is 0.320 e. The lowest BCUT2D eigenvalue weighted by molar-refractivity contribution is -0.117. The lowest BCUT2D eigenvalue weighted by Gasteiger charge is -1.92. The number of rotatable bonds is 1. The van der Waals surface area contributed by atoms with Crippen molar-refractivity contribution >= 4 is 35.1 Å². The van der Waals surface area contributed by atoms with Crippen LogP contribution in [0.4, 0.5) is 0 Å². The Kier molecular flexibility index (Phi) is 2.19. The molecular weight excluding hydrogens is 190 g/mol. The zero-order valence-corrected chi connectivity index (χ0v) is 7.87. The van der Waals surface area contributed by atoms with Crippen molar-refractivity contribution in [3.05, 3.63) is 27.4 Å². The Morgan fingerprint density at radius 3 is 3.08 bits per heavy atom. The Balaban J connectivity index is 2.15. The average Bonchev–Trinajstić information content (AvgIpc) is 2.63. The first-order valence-electron chi connectivity index (χ1n) is 3.52. The molecule has 0 atom stereocenters. The molecule has 0 radical (unpaired) electrons. The van der Waals surface area contributed by atoms with Crippen molar-refractivity contribution in [2.75, 3.05) is 5.75 Å². The predicted molar refractivity (Wildman–Crippen MR) is 52.9 cm³/mol. The molecule has 1 aromatic rings. The van der Waals surface area contributed by atoms with Crippen molar-refractivity contribution in [1.29, 1.82) is 0 Å². The minimum Gasteiger partial charge on any atom is -0.320 e. The number of nitrogens with one attached hydrogen (secondary N) is 1. The SMILES string of the molecule is O=C1CS/C(=C/c2cccs2)N1. The van der Waals surface area contributed by atoms with Crippen molar-refractivity contribution < 1.29 is 4.79 Å². The van der Waals surface area contributed by atoms with E-state index in [2.05, 4.69) is 5.32 Å². The number of thioether (sulfide) groups is 1. The number of carbonyl (C=O) groups excluding carboxylic acids is 1. The fourth-order valence-electron chi connectivity index (χ4n) is 0.933. The molecule has 1 aromatic heterocycles. The summed E-state index contributed by atoms with van der Waals surface area (Å²) in [5.41, 5.74) is 0. The number of carbonyl (C=O) groups is 1. The number of amides is 1. The van der Waals surface area contributed by atoms with Crippen molar-refractivity contribution in [1.82, 2.24) is 5.32 Å². The Morgan fingerprint density at radius 1 is 1.58 bits per heavy atom. The molecule has 2 heterocycles. The highest BCUT2D eigenvalue weighted by molar-refractivity contribution is 8.04. The minimum absolute atomic E-state index is 0.0998. The monoisotopic (exact) mass is 197 g/mol. The summed E-state index contributed by atoms with van der Waals surface area (Å²) in [6.45, 7) is 0. The van der Waals surface area contributed by atoms with Gasteiger partial charge >= 0.3 is 0 Å². The fraction of sp³-hybridized carbons (Fsp3) is 0.125. The van der Waals surface area contributed by atoms with Crippen molar-refractivity contribution in [3.8, 4) is 0 Å². The molecule has 12 heavy (non-hydrogen) atoms. The van der Waals surface area contributed by atoms with Gasteiger partial charge in [0.05, 0.1) is 10.8 Å². The Labute approximate surface area is 78.7 Å². The van der Waals surface area contributed by atoms with Crippen LogP contribution in [0.15, 0.2) is 22.5 Å². The van der Waals surface area contributed by atoms with Gasteiger partial charge in [0, 0.05) is 4.88 Å². The third-order valence-electron chi connectivity index (χ3n) is 1.44. The van der Waals surface area contributed by atoms with Gasteiger partial charge in [0.25, 0.3) is 0 Å². The molecule has 2 rings (SSSR count). The van der Waals surface area contributed by atoms with Crippen LogP contribution in [-0.4, -0.2) is 11.7 Å². The van der Waals surface area contributed by atoms with Crippen LogP contribution in [-0.2, 0) is 4.79 Å². The third-order valence-corrected chi connectivity index (χ3v) is 3.19. The van der Waals surface area contributed by atoms with Crippen LogP contribution in [0.25, 0.3) is 6.08 Å². The summed E-state index contributed by atoms with van der Waals surface area (Å²) in [7, 11) is 0. The van der Waals surface area contributed by atoms with Crippen LogP contribution < -0.4 is 5.32 Å². The zero-order chi connectivity index (χ0) is 8.39. The molecule has 0 spiro atoms. The lowest BCUT2D eigenvalue weighted by Crippen LogP contribution is -2.13. The van der Waals surface area contributed by atoms with E-state index >= 15 is 0 Å². The predicted octanol–water partition coefficient (Wildman–Crippen LogP) is 1.91. The molecule has 1 saturated heterocycles. The second-order valence-corrected chi connectivity index (χ2v) is 4.36. The highest BCUT2D eigenvalue weighted by Crippen LogP contribution is 2.23. The van der Waals surface area contributed by atoms with E-state index in [1.54, 1.807) is 23.1 Å². The number of hydrogen-bond acceptors (Lipinski definition) is 3. The molecule has 1 aliphatic heterocycles. The molecule has 0 bridgehead atoms. The van der Waals surface area contributed by atoms with Gasteiger partial charge in [0.1, 0.15) is 0 Å². The molecule has 1 N–H and O–H groups in total. The van der Waals surface area contributed by atoms with E-state index in [4.69, 9.17) is 0 Å². The summed E-state index contributed by atoms with van der Waals surface area (Å²) in [5, 5.41) is 5.77. The molecule has 4 heteroatoms. The zero-order valence-electron chi connectivity index (χ0n) is 6.24. The summed E-state index contributed by atoms with van der Waals surface area (Å²) in [4.78, 5) is 12.0. The molecule has 1 fully saturated rings. The maximum Gasteiger partial charge on any atom is 0.235 e. The van der Waals surface area contributed by atoms with Crippen molar-refractivity contribution in [3.63, 3.8) is 0 Å². The fourth-order valence-corrected chi connectivity index (χ4v) is 2.42. The first-order valence-corrected chi connectivity index (χ1v) is 5.39. The van der Waals surface area contributed by atoms with Crippen molar-refractivity contribution in [2.45, 2.75) is 0 Å².